The van der Waals surface area contributed by atoms with E-state index in [9.17, 15) is 0 Å². The summed E-state index contributed by atoms with van der Waals surface area (Å²) >= 11 is 3.46. The van der Waals surface area contributed by atoms with Gasteiger partial charge in [-0.05, 0) is 41.4 Å². The summed E-state index contributed by atoms with van der Waals surface area (Å²) in [6.07, 6.45) is 1.98. The van der Waals surface area contributed by atoms with Crippen LogP contribution in [-0.2, 0) is 0 Å². The Morgan fingerprint density at radius 2 is 2.15 bits per heavy atom. The summed E-state index contributed by atoms with van der Waals surface area (Å²) in [5.41, 5.74) is 8.75. The second-order valence-corrected chi connectivity index (χ2v) is 4.00. The standard InChI is InChI=1S/C9H10BrN3/c1-5-3-7(10)9-12-6(2)8(11)13(9)4-5/h3-4H,11H2,1-2H3. The summed E-state index contributed by atoms with van der Waals surface area (Å²) in [6, 6.07) is 2.03. The van der Waals surface area contributed by atoms with Crippen LogP contribution in [0.4, 0.5) is 5.82 Å². The van der Waals surface area contributed by atoms with Crippen LogP contribution < -0.4 is 5.73 Å². The maximum Gasteiger partial charge on any atom is 0.153 e. The molecule has 0 radical (unpaired) electrons. The van der Waals surface area contributed by atoms with Crippen LogP contribution in [-0.4, -0.2) is 9.38 Å². The minimum absolute atomic E-state index is 0.708. The van der Waals surface area contributed by atoms with E-state index in [2.05, 4.69) is 20.9 Å². The van der Waals surface area contributed by atoms with Gasteiger partial charge in [0.15, 0.2) is 5.65 Å². The summed E-state index contributed by atoms with van der Waals surface area (Å²) in [4.78, 5) is 4.34. The number of hydrogen-bond acceptors (Lipinski definition) is 2. The van der Waals surface area contributed by atoms with Crippen molar-refractivity contribution < 1.29 is 0 Å². The molecule has 4 heteroatoms. The lowest BCUT2D eigenvalue weighted by Crippen LogP contribution is -1.94. The van der Waals surface area contributed by atoms with Gasteiger partial charge >= 0.3 is 0 Å². The van der Waals surface area contributed by atoms with E-state index in [0.717, 1.165) is 21.4 Å². The highest BCUT2D eigenvalue weighted by Crippen LogP contribution is 2.22. The van der Waals surface area contributed by atoms with Crippen LogP contribution in [0.25, 0.3) is 5.65 Å². The van der Waals surface area contributed by atoms with Crippen LogP contribution in [0.15, 0.2) is 16.7 Å². The van der Waals surface area contributed by atoms with Gasteiger partial charge in [0.25, 0.3) is 0 Å². The molecule has 0 saturated heterocycles. The van der Waals surface area contributed by atoms with Crippen molar-refractivity contribution in [1.82, 2.24) is 9.38 Å². The molecule has 0 bridgehead atoms. The van der Waals surface area contributed by atoms with Gasteiger partial charge in [0.2, 0.25) is 0 Å². The first-order valence-corrected chi connectivity index (χ1v) is 4.79. The highest BCUT2D eigenvalue weighted by molar-refractivity contribution is 9.10. The van der Waals surface area contributed by atoms with Crippen LogP contribution in [0, 0.1) is 13.8 Å². The number of anilines is 1. The number of aromatic nitrogens is 2. The average Bonchev–Trinajstić information content (AvgIpc) is 2.32. The number of rotatable bonds is 0. The Hall–Kier alpha value is -1.03. The lowest BCUT2D eigenvalue weighted by Gasteiger charge is -2.00. The molecule has 2 rings (SSSR count). The highest BCUT2D eigenvalue weighted by Gasteiger charge is 2.07. The van der Waals surface area contributed by atoms with E-state index >= 15 is 0 Å². The Balaban J connectivity index is 2.94. The molecule has 0 aliphatic rings. The Morgan fingerprint density at radius 3 is 2.85 bits per heavy atom. The number of imidazole rings is 1. The fraction of sp³-hybridized carbons (Fsp3) is 0.222. The second kappa shape index (κ2) is 2.73. The van der Waals surface area contributed by atoms with E-state index in [4.69, 9.17) is 5.73 Å². The Morgan fingerprint density at radius 1 is 1.46 bits per heavy atom. The Kier molecular flexibility index (Phi) is 1.80. The molecule has 2 heterocycles. The van der Waals surface area contributed by atoms with Gasteiger partial charge in [-0.3, -0.25) is 4.40 Å². The van der Waals surface area contributed by atoms with Gasteiger partial charge in [-0.15, -0.1) is 0 Å². The van der Waals surface area contributed by atoms with Crippen molar-refractivity contribution in [2.75, 3.05) is 5.73 Å². The molecule has 3 nitrogen and oxygen atoms in total. The minimum Gasteiger partial charge on any atom is -0.383 e. The minimum atomic E-state index is 0.708. The fourth-order valence-corrected chi connectivity index (χ4v) is 2.00. The lowest BCUT2D eigenvalue weighted by atomic mass is 10.3. The molecule has 0 saturated carbocycles. The zero-order valence-corrected chi connectivity index (χ0v) is 9.09. The van der Waals surface area contributed by atoms with Gasteiger partial charge in [-0.2, -0.15) is 0 Å². The maximum atomic E-state index is 5.86. The van der Waals surface area contributed by atoms with E-state index < -0.39 is 0 Å². The summed E-state index contributed by atoms with van der Waals surface area (Å²) < 4.78 is 2.88. The predicted octanol–water partition coefficient (Wildman–Crippen LogP) is 2.30. The molecule has 68 valence electrons. The summed E-state index contributed by atoms with van der Waals surface area (Å²) in [5, 5.41) is 0. The zero-order valence-electron chi connectivity index (χ0n) is 7.50. The molecule has 0 fully saturated rings. The molecule has 0 atom stereocenters. The van der Waals surface area contributed by atoms with Crippen molar-refractivity contribution in [3.05, 3.63) is 28.0 Å². The molecular formula is C9H10BrN3. The van der Waals surface area contributed by atoms with Crippen molar-refractivity contribution in [2.24, 2.45) is 0 Å². The van der Waals surface area contributed by atoms with E-state index in [1.54, 1.807) is 0 Å². The van der Waals surface area contributed by atoms with Crippen LogP contribution in [0.2, 0.25) is 0 Å². The summed E-state index contributed by atoms with van der Waals surface area (Å²) in [6.45, 7) is 3.93. The van der Waals surface area contributed by atoms with Crippen molar-refractivity contribution in [2.45, 2.75) is 13.8 Å². The quantitative estimate of drug-likeness (QED) is 0.767. The number of halogens is 1. The third-order valence-corrected chi connectivity index (χ3v) is 2.62. The van der Waals surface area contributed by atoms with Crippen LogP contribution in [0.1, 0.15) is 11.3 Å². The smallest absolute Gasteiger partial charge is 0.153 e. The second-order valence-electron chi connectivity index (χ2n) is 3.14. The maximum absolute atomic E-state index is 5.86. The number of nitrogens with two attached hydrogens (primary N) is 1. The molecule has 0 amide bonds. The van der Waals surface area contributed by atoms with E-state index in [-0.39, 0.29) is 0 Å². The molecule has 2 aromatic heterocycles. The lowest BCUT2D eigenvalue weighted by molar-refractivity contribution is 1.15. The molecule has 0 aromatic carbocycles. The topological polar surface area (TPSA) is 43.3 Å². The summed E-state index contributed by atoms with van der Waals surface area (Å²) in [5.74, 6) is 0.708. The third kappa shape index (κ3) is 1.21. The first kappa shape index (κ1) is 8.56. The third-order valence-electron chi connectivity index (χ3n) is 2.03. The molecular weight excluding hydrogens is 230 g/mol. The Labute approximate surface area is 84.7 Å². The molecule has 0 spiro atoms. The number of hydrogen-bond donors (Lipinski definition) is 1. The van der Waals surface area contributed by atoms with Gasteiger partial charge in [0.1, 0.15) is 5.82 Å². The van der Waals surface area contributed by atoms with Crippen molar-refractivity contribution in [3.8, 4) is 0 Å². The van der Waals surface area contributed by atoms with Crippen LogP contribution in [0.3, 0.4) is 0 Å². The SMILES string of the molecule is Cc1cc(Br)c2nc(C)c(N)n2c1. The average molecular weight is 240 g/mol. The van der Waals surface area contributed by atoms with Crippen LogP contribution in [0.5, 0.6) is 0 Å². The molecule has 0 aliphatic heterocycles. The molecule has 2 aromatic rings. The first-order valence-electron chi connectivity index (χ1n) is 4.00. The predicted molar refractivity (Wildman–Crippen MR) is 56.8 cm³/mol. The monoisotopic (exact) mass is 239 g/mol. The number of nitrogen functional groups attached to an aromatic ring is 1. The fourth-order valence-electron chi connectivity index (χ4n) is 1.36. The number of nitrogens with zero attached hydrogens (tertiary/aromatic N) is 2. The van der Waals surface area contributed by atoms with E-state index in [1.165, 1.54) is 0 Å². The normalized spacial score (nSPS) is 11.0. The van der Waals surface area contributed by atoms with Crippen molar-refractivity contribution in [1.29, 1.82) is 0 Å². The van der Waals surface area contributed by atoms with E-state index in [1.807, 2.05) is 30.5 Å². The molecule has 13 heavy (non-hydrogen) atoms. The zero-order chi connectivity index (χ0) is 9.59. The van der Waals surface area contributed by atoms with Gasteiger partial charge in [0.05, 0.1) is 10.2 Å². The van der Waals surface area contributed by atoms with E-state index in [0.29, 0.717) is 5.82 Å². The van der Waals surface area contributed by atoms with Crippen molar-refractivity contribution >= 4 is 27.4 Å². The summed E-state index contributed by atoms with van der Waals surface area (Å²) in [7, 11) is 0. The molecule has 0 aliphatic carbocycles. The van der Waals surface area contributed by atoms with Gasteiger partial charge in [-0.1, -0.05) is 0 Å². The number of aryl methyl sites for hydroxylation is 2. The first-order chi connectivity index (χ1) is 6.09. The van der Waals surface area contributed by atoms with Crippen molar-refractivity contribution in [3.63, 3.8) is 0 Å². The van der Waals surface area contributed by atoms with Gasteiger partial charge < -0.3 is 5.73 Å². The number of pyridine rings is 1. The molecule has 2 N–H and O–H groups in total. The van der Waals surface area contributed by atoms with Crippen LogP contribution >= 0.6 is 15.9 Å². The van der Waals surface area contributed by atoms with Gasteiger partial charge in [0, 0.05) is 6.20 Å². The van der Waals surface area contributed by atoms with Gasteiger partial charge in [-0.25, -0.2) is 4.98 Å². The molecule has 0 unspecified atom stereocenters. The Bertz CT molecular complexity index is 473. The largest absolute Gasteiger partial charge is 0.383 e. The number of fused-ring (bicyclic) bond motifs is 1. The highest BCUT2D eigenvalue weighted by atomic mass is 79.9.